The second-order valence-electron chi connectivity index (χ2n) is 4.76. The highest BCUT2D eigenvalue weighted by molar-refractivity contribution is 5.94. The van der Waals surface area contributed by atoms with Gasteiger partial charge in [0.25, 0.3) is 0 Å². The van der Waals surface area contributed by atoms with Crippen molar-refractivity contribution in [1.82, 2.24) is 0 Å². The average molecular weight is 192 g/mol. The van der Waals surface area contributed by atoms with E-state index in [0.717, 1.165) is 12.8 Å². The van der Waals surface area contributed by atoms with Crippen molar-refractivity contribution in [3.8, 4) is 0 Å². The molecule has 0 bridgehead atoms. The van der Waals surface area contributed by atoms with Gasteiger partial charge in [-0.25, -0.2) is 0 Å². The van der Waals surface area contributed by atoms with Crippen LogP contribution in [-0.2, 0) is 4.79 Å². The largest absolute Gasteiger partial charge is 0.385 e. The molecule has 0 radical (unpaired) electrons. The normalized spacial score (nSPS) is 41.9. The fourth-order valence-electron chi connectivity index (χ4n) is 2.64. The fraction of sp³-hybridized carbons (Fsp3) is 0.583. The number of hydrogen-bond acceptors (Lipinski definition) is 2. The summed E-state index contributed by atoms with van der Waals surface area (Å²) in [5.74, 6) is -0.0656. The molecule has 0 fully saturated rings. The lowest BCUT2D eigenvalue weighted by Gasteiger charge is -2.42. The molecular formula is C12H16O2. The molecule has 0 amide bonds. The van der Waals surface area contributed by atoms with Crippen LogP contribution in [0.5, 0.6) is 0 Å². The first kappa shape index (κ1) is 9.66. The summed E-state index contributed by atoms with van der Waals surface area (Å²) in [5.41, 5.74) is 1.33. The second-order valence-corrected chi connectivity index (χ2v) is 4.76. The summed E-state index contributed by atoms with van der Waals surface area (Å²) in [6.07, 6.45) is 6.64. The lowest BCUT2D eigenvalue weighted by molar-refractivity contribution is -0.128. The first-order valence-corrected chi connectivity index (χ1v) is 5.10. The number of aliphatic hydroxyl groups is 1. The molecule has 14 heavy (non-hydrogen) atoms. The number of aliphatic hydroxyl groups excluding tert-OH is 1. The van der Waals surface area contributed by atoms with Crippen molar-refractivity contribution >= 4 is 5.78 Å². The summed E-state index contributed by atoms with van der Waals surface area (Å²) in [7, 11) is 0. The lowest BCUT2D eigenvalue weighted by atomic mass is 9.63. The van der Waals surface area contributed by atoms with Crippen LogP contribution >= 0.6 is 0 Å². The van der Waals surface area contributed by atoms with Gasteiger partial charge in [0.1, 0.15) is 6.10 Å². The molecule has 3 atom stereocenters. The molecule has 2 nitrogen and oxygen atoms in total. The van der Waals surface area contributed by atoms with Gasteiger partial charge < -0.3 is 5.11 Å². The number of fused-ring (bicyclic) bond motifs is 1. The second kappa shape index (κ2) is 3.06. The van der Waals surface area contributed by atoms with Gasteiger partial charge in [-0.3, -0.25) is 4.79 Å². The molecule has 0 heterocycles. The highest BCUT2D eigenvalue weighted by Gasteiger charge is 2.43. The molecule has 1 N–H and O–H groups in total. The van der Waals surface area contributed by atoms with Gasteiger partial charge in [-0.05, 0) is 31.3 Å². The van der Waals surface area contributed by atoms with E-state index in [1.165, 1.54) is 5.57 Å². The van der Waals surface area contributed by atoms with Crippen molar-refractivity contribution in [3.63, 3.8) is 0 Å². The number of ketones is 1. The van der Waals surface area contributed by atoms with Crippen molar-refractivity contribution < 1.29 is 9.90 Å². The third kappa shape index (κ3) is 1.34. The van der Waals surface area contributed by atoms with E-state index in [9.17, 15) is 9.90 Å². The van der Waals surface area contributed by atoms with Crippen LogP contribution in [0.1, 0.15) is 26.7 Å². The smallest absolute Gasteiger partial charge is 0.184 e. The SMILES string of the molecule is CC1=CCC2C(O)C(=O)C=CC2(C)C1. The third-order valence-electron chi connectivity index (χ3n) is 3.53. The molecule has 0 aliphatic heterocycles. The Bertz CT molecular complexity index is 327. The Morgan fingerprint density at radius 2 is 2.29 bits per heavy atom. The number of hydrogen-bond donors (Lipinski definition) is 1. The maximum atomic E-state index is 11.3. The minimum atomic E-state index is -0.797. The molecule has 2 aliphatic rings. The van der Waals surface area contributed by atoms with E-state index in [2.05, 4.69) is 19.9 Å². The molecule has 0 aromatic rings. The van der Waals surface area contributed by atoms with Crippen molar-refractivity contribution in [1.29, 1.82) is 0 Å². The third-order valence-corrected chi connectivity index (χ3v) is 3.53. The van der Waals surface area contributed by atoms with Gasteiger partial charge in [0.15, 0.2) is 5.78 Å². The Kier molecular flexibility index (Phi) is 2.11. The van der Waals surface area contributed by atoms with Crippen LogP contribution in [-0.4, -0.2) is 17.0 Å². The highest BCUT2D eigenvalue weighted by Crippen LogP contribution is 2.45. The Hall–Kier alpha value is -0.890. The molecule has 2 aliphatic carbocycles. The fourth-order valence-corrected chi connectivity index (χ4v) is 2.64. The standard InChI is InChI=1S/C12H16O2/c1-8-3-4-9-11(14)10(13)5-6-12(9,2)7-8/h3,5-6,9,11,14H,4,7H2,1-2H3. The maximum Gasteiger partial charge on any atom is 0.184 e. The van der Waals surface area contributed by atoms with Gasteiger partial charge in [0, 0.05) is 5.92 Å². The molecule has 0 saturated heterocycles. The van der Waals surface area contributed by atoms with E-state index in [0.29, 0.717) is 0 Å². The summed E-state index contributed by atoms with van der Waals surface area (Å²) in [4.78, 5) is 11.3. The summed E-state index contributed by atoms with van der Waals surface area (Å²) < 4.78 is 0. The highest BCUT2D eigenvalue weighted by atomic mass is 16.3. The average Bonchev–Trinajstić information content (AvgIpc) is 2.12. The van der Waals surface area contributed by atoms with Crippen molar-refractivity contribution in [3.05, 3.63) is 23.8 Å². The quantitative estimate of drug-likeness (QED) is 0.595. The minimum absolute atomic E-state index is 0.0217. The minimum Gasteiger partial charge on any atom is -0.385 e. The number of allylic oxidation sites excluding steroid dienone is 3. The summed E-state index contributed by atoms with van der Waals surface area (Å²) >= 11 is 0. The first-order chi connectivity index (χ1) is 6.53. The first-order valence-electron chi connectivity index (χ1n) is 5.10. The predicted molar refractivity (Wildman–Crippen MR) is 54.7 cm³/mol. The number of rotatable bonds is 0. The molecule has 2 heteroatoms. The molecule has 3 unspecified atom stereocenters. The Morgan fingerprint density at radius 1 is 1.57 bits per heavy atom. The zero-order valence-corrected chi connectivity index (χ0v) is 8.66. The lowest BCUT2D eigenvalue weighted by Crippen LogP contribution is -2.43. The van der Waals surface area contributed by atoms with Crippen LogP contribution in [0.25, 0.3) is 0 Å². The molecule has 0 spiro atoms. The zero-order chi connectivity index (χ0) is 10.3. The molecule has 2 rings (SSSR count). The van der Waals surface area contributed by atoms with Crippen LogP contribution < -0.4 is 0 Å². The summed E-state index contributed by atoms with van der Waals surface area (Å²) in [6.45, 7) is 4.23. The number of carbonyl (C=O) groups excluding carboxylic acids is 1. The van der Waals surface area contributed by atoms with E-state index in [1.54, 1.807) is 6.08 Å². The van der Waals surface area contributed by atoms with Crippen molar-refractivity contribution in [2.45, 2.75) is 32.8 Å². The Balaban J connectivity index is 2.37. The molecule has 76 valence electrons. The van der Waals surface area contributed by atoms with Crippen molar-refractivity contribution in [2.75, 3.05) is 0 Å². The monoisotopic (exact) mass is 192 g/mol. The van der Waals surface area contributed by atoms with E-state index < -0.39 is 6.10 Å². The topological polar surface area (TPSA) is 37.3 Å². The Labute approximate surface area is 84.3 Å². The molecule has 0 aromatic heterocycles. The number of carbonyl (C=O) groups is 1. The van der Waals surface area contributed by atoms with Crippen molar-refractivity contribution in [2.24, 2.45) is 11.3 Å². The van der Waals surface area contributed by atoms with Gasteiger partial charge in [-0.2, -0.15) is 0 Å². The Morgan fingerprint density at radius 3 is 3.00 bits per heavy atom. The van der Waals surface area contributed by atoms with Gasteiger partial charge >= 0.3 is 0 Å². The molecule has 0 saturated carbocycles. The maximum absolute atomic E-state index is 11.3. The van der Waals surface area contributed by atoms with Crippen LogP contribution in [0.2, 0.25) is 0 Å². The van der Waals surface area contributed by atoms with E-state index in [-0.39, 0.29) is 17.1 Å². The van der Waals surface area contributed by atoms with Crippen LogP contribution in [0.3, 0.4) is 0 Å². The van der Waals surface area contributed by atoms with Gasteiger partial charge in [0.2, 0.25) is 0 Å². The molecule has 0 aromatic carbocycles. The van der Waals surface area contributed by atoms with E-state index in [1.807, 2.05) is 6.08 Å². The summed E-state index contributed by atoms with van der Waals surface area (Å²) in [5, 5.41) is 9.79. The van der Waals surface area contributed by atoms with Gasteiger partial charge in [0.05, 0.1) is 0 Å². The van der Waals surface area contributed by atoms with Gasteiger partial charge in [-0.1, -0.05) is 24.6 Å². The predicted octanol–water partition coefficient (Wildman–Crippen LogP) is 1.85. The van der Waals surface area contributed by atoms with E-state index in [4.69, 9.17) is 0 Å². The van der Waals surface area contributed by atoms with Crippen LogP contribution in [0.4, 0.5) is 0 Å². The van der Waals surface area contributed by atoms with E-state index >= 15 is 0 Å². The van der Waals surface area contributed by atoms with Crippen LogP contribution in [0.15, 0.2) is 23.8 Å². The molecular weight excluding hydrogens is 176 g/mol. The summed E-state index contributed by atoms with van der Waals surface area (Å²) in [6, 6.07) is 0. The zero-order valence-electron chi connectivity index (χ0n) is 8.66. The van der Waals surface area contributed by atoms with Crippen LogP contribution in [0, 0.1) is 11.3 Å². The van der Waals surface area contributed by atoms with Gasteiger partial charge in [-0.15, -0.1) is 0 Å².